The van der Waals surface area contributed by atoms with Gasteiger partial charge in [-0.3, -0.25) is 0 Å². The van der Waals surface area contributed by atoms with E-state index in [1.807, 2.05) is 18.2 Å². The second-order valence-corrected chi connectivity index (χ2v) is 13.4. The molecule has 0 aliphatic heterocycles. The van der Waals surface area contributed by atoms with Gasteiger partial charge in [-0.15, -0.1) is 0 Å². The van der Waals surface area contributed by atoms with Gasteiger partial charge in [-0.25, -0.2) is 0 Å². The molecule has 5 aromatic carbocycles. The van der Waals surface area contributed by atoms with Crippen molar-refractivity contribution < 1.29 is 5.11 Å². The molecule has 39 heavy (non-hydrogen) atoms. The van der Waals surface area contributed by atoms with Crippen LogP contribution in [-0.2, 0) is 0 Å². The predicted octanol–water partition coefficient (Wildman–Crippen LogP) is 5.98. The smallest absolute Gasteiger partial charge is 0.0875 e. The van der Waals surface area contributed by atoms with Crippen molar-refractivity contribution in [3.05, 3.63) is 182 Å². The number of benzene rings is 5. The summed E-state index contributed by atoms with van der Waals surface area (Å²) in [6, 6.07) is 50.5. The highest BCUT2D eigenvalue weighted by Crippen LogP contribution is 2.59. The number of aliphatic hydroxyl groups excluding tert-OH is 1. The van der Waals surface area contributed by atoms with Gasteiger partial charge < -0.3 is 5.11 Å². The van der Waals surface area contributed by atoms with Gasteiger partial charge in [-0.05, 0) is 47.9 Å². The van der Waals surface area contributed by atoms with Gasteiger partial charge in [-0.2, -0.15) is 0 Å². The minimum absolute atomic E-state index is 0.748. The highest BCUT2D eigenvalue weighted by molar-refractivity contribution is 7.80. The molecule has 186 valence electrons. The van der Waals surface area contributed by atoms with E-state index in [1.54, 1.807) is 0 Å². The largest absolute Gasteiger partial charge is 0.388 e. The third-order valence-electron chi connectivity index (χ3n) is 6.66. The minimum atomic E-state index is -0.938. The monoisotopic (exact) mass is 536 g/mol. The van der Waals surface area contributed by atoms with E-state index in [4.69, 9.17) is 0 Å². The van der Waals surface area contributed by atoms with E-state index in [0.717, 1.165) is 22.4 Å². The van der Waals surface area contributed by atoms with Crippen LogP contribution < -0.4 is 26.5 Å². The summed E-state index contributed by atoms with van der Waals surface area (Å²) in [5.74, 6) is 0.748. The Morgan fingerprint density at radius 3 is 1.36 bits per heavy atom. The van der Waals surface area contributed by atoms with Crippen molar-refractivity contribution in [1.29, 1.82) is 0 Å². The molecule has 1 N–H and O–H groups in total. The van der Waals surface area contributed by atoms with Gasteiger partial charge in [0.15, 0.2) is 0 Å². The summed E-state index contributed by atoms with van der Waals surface area (Å²) in [5.41, 5.74) is 1.87. The van der Waals surface area contributed by atoms with E-state index in [0.29, 0.717) is 0 Å². The van der Waals surface area contributed by atoms with Crippen molar-refractivity contribution >= 4 is 42.4 Å². The first-order valence-corrected chi connectivity index (χ1v) is 15.6. The summed E-state index contributed by atoms with van der Waals surface area (Å²) in [7, 11) is -1.81. The molecule has 0 saturated heterocycles. The highest BCUT2D eigenvalue weighted by atomic mass is 31.1. The average Bonchev–Trinajstić information content (AvgIpc) is 3.49. The standard InChI is InChI=1S/C36H26OP2/c37-36(33-25-15-27-35(33)39(30-20-9-3-10-21-30)31-22-11-4-12-23-31)32-24-13-14-26-34(32)38(28-16-5-1-6-17-28)29-18-7-2-8-19-29/h1-14,16-24,26,36-37H/t36-/m0/s1. The first-order chi connectivity index (χ1) is 19.3. The lowest BCUT2D eigenvalue weighted by Gasteiger charge is -2.33. The van der Waals surface area contributed by atoms with Crippen molar-refractivity contribution in [1.82, 2.24) is 0 Å². The highest BCUT2D eigenvalue weighted by Gasteiger charge is 2.42. The molecule has 3 heteroatoms. The van der Waals surface area contributed by atoms with E-state index in [9.17, 15) is 5.11 Å². The Bertz CT molecular complexity index is 1380. The molecule has 1 aliphatic rings. The molecule has 0 unspecified atom stereocenters. The molecule has 1 aliphatic carbocycles. The normalized spacial score (nSPS) is 15.2. The average molecular weight is 537 g/mol. The molecule has 8 radical (unpaired) electrons. The summed E-state index contributed by atoms with van der Waals surface area (Å²) in [5, 5.41) is 18.1. The van der Waals surface area contributed by atoms with Gasteiger partial charge >= 0.3 is 0 Å². The zero-order chi connectivity index (χ0) is 26.4. The van der Waals surface area contributed by atoms with E-state index < -0.39 is 21.9 Å². The van der Waals surface area contributed by atoms with Crippen LogP contribution in [0.4, 0.5) is 0 Å². The lowest BCUT2D eigenvalue weighted by molar-refractivity contribution is 0.200. The molecule has 0 heterocycles. The van der Waals surface area contributed by atoms with Gasteiger partial charge in [0.2, 0.25) is 0 Å². The molecule has 1 nitrogen and oxygen atoms in total. The Morgan fingerprint density at radius 2 is 0.872 bits per heavy atom. The van der Waals surface area contributed by atoms with Crippen LogP contribution in [0.1, 0.15) is 11.7 Å². The molecular weight excluding hydrogens is 510 g/mol. The van der Waals surface area contributed by atoms with Crippen LogP contribution in [0, 0.1) is 30.8 Å². The van der Waals surface area contributed by atoms with E-state index in [1.165, 1.54) is 21.2 Å². The first-order valence-electron chi connectivity index (χ1n) is 12.9. The number of aliphatic hydroxyl groups is 1. The van der Waals surface area contributed by atoms with E-state index in [-0.39, 0.29) is 0 Å². The van der Waals surface area contributed by atoms with Crippen LogP contribution in [0.2, 0.25) is 0 Å². The van der Waals surface area contributed by atoms with Crippen molar-refractivity contribution in [3.63, 3.8) is 0 Å². The van der Waals surface area contributed by atoms with Crippen LogP contribution in [0.25, 0.3) is 0 Å². The Hall–Kier alpha value is -3.08. The summed E-state index contributed by atoms with van der Waals surface area (Å²) in [6.45, 7) is 0. The molecule has 0 amide bonds. The lowest BCUT2D eigenvalue weighted by Crippen LogP contribution is -2.28. The van der Waals surface area contributed by atoms with Gasteiger partial charge in [0, 0.05) is 30.8 Å². The summed E-state index contributed by atoms with van der Waals surface area (Å²) in [4.78, 5) is 0. The van der Waals surface area contributed by atoms with Gasteiger partial charge in [0.25, 0.3) is 0 Å². The van der Waals surface area contributed by atoms with Gasteiger partial charge in [0.05, 0.1) is 6.10 Å². The zero-order valence-corrected chi connectivity index (χ0v) is 23.1. The second-order valence-electron chi connectivity index (χ2n) is 9.11. The Labute approximate surface area is 235 Å². The van der Waals surface area contributed by atoms with Crippen molar-refractivity contribution in [2.45, 2.75) is 6.10 Å². The minimum Gasteiger partial charge on any atom is -0.388 e. The molecule has 1 atom stereocenters. The fourth-order valence-electron chi connectivity index (χ4n) is 4.88. The summed E-state index contributed by atoms with van der Waals surface area (Å²) >= 11 is 0. The van der Waals surface area contributed by atoms with Gasteiger partial charge in [0.1, 0.15) is 0 Å². The predicted molar refractivity (Wildman–Crippen MR) is 165 cm³/mol. The number of rotatable bonds is 8. The Morgan fingerprint density at radius 1 is 0.462 bits per heavy atom. The van der Waals surface area contributed by atoms with E-state index in [2.05, 4.69) is 147 Å². The second kappa shape index (κ2) is 12.4. The van der Waals surface area contributed by atoms with Crippen molar-refractivity contribution in [3.8, 4) is 0 Å². The quantitative estimate of drug-likeness (QED) is 0.242. The summed E-state index contributed by atoms with van der Waals surface area (Å²) in [6.07, 6.45) is 8.86. The maximum absolute atomic E-state index is 12.1. The molecular formula is C36H26OP2. The van der Waals surface area contributed by atoms with Crippen molar-refractivity contribution in [2.24, 2.45) is 0 Å². The van der Waals surface area contributed by atoms with Crippen LogP contribution in [-0.4, -0.2) is 5.11 Å². The molecule has 5 aromatic rings. The molecule has 0 spiro atoms. The van der Waals surface area contributed by atoms with Crippen LogP contribution >= 0.6 is 15.8 Å². The topological polar surface area (TPSA) is 20.2 Å². The fourth-order valence-corrected chi connectivity index (χ4v) is 9.71. The Balaban J connectivity index is 1.41. The summed E-state index contributed by atoms with van der Waals surface area (Å²) < 4.78 is 0. The fraction of sp³-hybridized carbons (Fsp3) is 0.0278. The lowest BCUT2D eigenvalue weighted by atomic mass is 9.94. The Kier molecular flexibility index (Phi) is 8.32. The van der Waals surface area contributed by atoms with Crippen LogP contribution in [0.3, 0.4) is 0 Å². The molecule has 0 aromatic heterocycles. The maximum atomic E-state index is 12.1. The van der Waals surface area contributed by atoms with Crippen LogP contribution in [0.5, 0.6) is 0 Å². The zero-order valence-electron chi connectivity index (χ0n) is 21.3. The maximum Gasteiger partial charge on any atom is 0.0875 e. The molecule has 1 fully saturated rings. The number of hydrogen-bond acceptors (Lipinski definition) is 1. The molecule has 6 rings (SSSR count). The third kappa shape index (κ3) is 5.64. The van der Waals surface area contributed by atoms with Crippen molar-refractivity contribution in [2.75, 3.05) is 0 Å². The van der Waals surface area contributed by atoms with E-state index >= 15 is 0 Å². The number of hydrogen-bond donors (Lipinski definition) is 1. The molecule has 0 bridgehead atoms. The SMILES string of the molecule is O[C@H]([C]1[C][C][C][C]1P(c1ccccc1)c1ccccc1)c1ccccc1P(c1ccccc1)c1ccccc1. The molecule has 1 saturated carbocycles. The third-order valence-corrected chi connectivity index (χ3v) is 11.6. The first kappa shape index (κ1) is 26.2. The van der Waals surface area contributed by atoms with Crippen LogP contribution in [0.15, 0.2) is 146 Å². The van der Waals surface area contributed by atoms with Gasteiger partial charge in [-0.1, -0.05) is 146 Å².